The van der Waals surface area contributed by atoms with E-state index < -0.39 is 0 Å². The van der Waals surface area contributed by atoms with Crippen molar-refractivity contribution in [1.29, 1.82) is 0 Å². The number of Topliss-reactive ketones (excluding diaryl/α,β-unsaturated/α-hetero) is 1. The van der Waals surface area contributed by atoms with Crippen LogP contribution in [0.4, 0.5) is 0 Å². The lowest BCUT2D eigenvalue weighted by Gasteiger charge is -1.76. The molecule has 0 aromatic carbocycles. The number of nitrogens with zero attached hydrogens (tertiary/aromatic N) is 1. The van der Waals surface area contributed by atoms with Crippen LogP contribution in [0.5, 0.6) is 0 Å². The van der Waals surface area contributed by atoms with Gasteiger partial charge in [-0.1, -0.05) is 0 Å². The lowest BCUT2D eigenvalue weighted by Crippen LogP contribution is -1.91. The molecule has 0 aromatic rings. The van der Waals surface area contributed by atoms with Crippen molar-refractivity contribution in [2.45, 2.75) is 6.92 Å². The first-order valence-corrected chi connectivity index (χ1v) is 1.69. The van der Waals surface area contributed by atoms with Gasteiger partial charge in [-0.3, -0.25) is 9.79 Å². The zero-order valence-corrected chi connectivity index (χ0v) is 3.77. The van der Waals surface area contributed by atoms with Gasteiger partial charge in [-0.25, -0.2) is 0 Å². The fourth-order valence-electron chi connectivity index (χ4n) is 0.157. The van der Waals surface area contributed by atoms with Crippen LogP contribution in [0.15, 0.2) is 4.99 Å². The molecule has 0 heterocycles. The monoisotopic (exact) mass is 85.1 g/mol. The van der Waals surface area contributed by atoms with Crippen molar-refractivity contribution in [2.75, 3.05) is 6.54 Å². The highest BCUT2D eigenvalue weighted by molar-refractivity contribution is 5.78. The van der Waals surface area contributed by atoms with Gasteiger partial charge in [0.15, 0.2) is 5.78 Å². The molecule has 0 spiro atoms. The van der Waals surface area contributed by atoms with Crippen molar-refractivity contribution in [3.8, 4) is 0 Å². The van der Waals surface area contributed by atoms with Crippen LogP contribution in [0.3, 0.4) is 0 Å². The van der Waals surface area contributed by atoms with Gasteiger partial charge < -0.3 is 0 Å². The number of aliphatic imine (C=N–C) groups is 1. The SMILES string of the molecule is C=NCC(C)=O. The summed E-state index contributed by atoms with van der Waals surface area (Å²) in [6, 6.07) is 0. The maximum absolute atomic E-state index is 9.91. The molecular weight excluding hydrogens is 78.0 g/mol. The number of rotatable bonds is 2. The van der Waals surface area contributed by atoms with Gasteiger partial charge in [0.2, 0.25) is 0 Å². The van der Waals surface area contributed by atoms with Crippen molar-refractivity contribution in [3.63, 3.8) is 0 Å². The summed E-state index contributed by atoms with van der Waals surface area (Å²) in [6.07, 6.45) is 0. The number of hydrogen-bond donors (Lipinski definition) is 0. The number of carbonyl (C=O) groups excluding carboxylic acids is 1. The van der Waals surface area contributed by atoms with Gasteiger partial charge in [0.1, 0.15) is 0 Å². The largest absolute Gasteiger partial charge is 0.298 e. The van der Waals surface area contributed by atoms with E-state index in [1.807, 2.05) is 0 Å². The quantitative estimate of drug-likeness (QED) is 0.443. The van der Waals surface area contributed by atoms with Gasteiger partial charge >= 0.3 is 0 Å². The van der Waals surface area contributed by atoms with E-state index in [1.54, 1.807) is 0 Å². The first kappa shape index (κ1) is 5.34. The van der Waals surface area contributed by atoms with Gasteiger partial charge in [0.05, 0.1) is 6.54 Å². The molecule has 0 saturated carbocycles. The minimum Gasteiger partial charge on any atom is -0.298 e. The Kier molecular flexibility index (Phi) is 2.29. The van der Waals surface area contributed by atoms with Crippen LogP contribution in [-0.2, 0) is 4.79 Å². The normalized spacial score (nSPS) is 7.50. The van der Waals surface area contributed by atoms with Gasteiger partial charge in [0, 0.05) is 0 Å². The molecule has 0 N–H and O–H groups in total. The Labute approximate surface area is 36.9 Å². The zero-order valence-electron chi connectivity index (χ0n) is 3.77. The molecule has 0 aromatic heterocycles. The zero-order chi connectivity index (χ0) is 4.99. The molecule has 6 heavy (non-hydrogen) atoms. The Balaban J connectivity index is 3.05. The van der Waals surface area contributed by atoms with Crippen molar-refractivity contribution in [2.24, 2.45) is 4.99 Å². The van der Waals surface area contributed by atoms with Crippen LogP contribution in [0, 0.1) is 0 Å². The van der Waals surface area contributed by atoms with Gasteiger partial charge in [-0.15, -0.1) is 0 Å². The van der Waals surface area contributed by atoms with Crippen molar-refractivity contribution in [1.82, 2.24) is 0 Å². The lowest BCUT2D eigenvalue weighted by atomic mass is 10.5. The highest BCUT2D eigenvalue weighted by Crippen LogP contribution is 1.65. The van der Waals surface area contributed by atoms with Gasteiger partial charge in [-0.2, -0.15) is 0 Å². The average molecular weight is 85.1 g/mol. The second-order valence-electron chi connectivity index (χ2n) is 1.08. The van der Waals surface area contributed by atoms with E-state index >= 15 is 0 Å². The molecule has 0 aliphatic carbocycles. The Morgan fingerprint density at radius 3 is 2.50 bits per heavy atom. The van der Waals surface area contributed by atoms with E-state index in [-0.39, 0.29) is 12.3 Å². The molecule has 2 nitrogen and oxygen atoms in total. The summed E-state index contributed by atoms with van der Waals surface area (Å²) in [5.41, 5.74) is 0. The van der Waals surface area contributed by atoms with Crippen molar-refractivity contribution in [3.05, 3.63) is 0 Å². The standard InChI is InChI=1S/C4H7NO/c1-4(6)3-5-2/h2-3H2,1H3. The molecular formula is C4H7NO. The first-order chi connectivity index (χ1) is 2.77. The molecule has 0 radical (unpaired) electrons. The Morgan fingerprint density at radius 2 is 2.50 bits per heavy atom. The molecule has 0 fully saturated rings. The van der Waals surface area contributed by atoms with Gasteiger partial charge in [-0.05, 0) is 13.6 Å². The molecule has 0 saturated heterocycles. The number of ketones is 1. The molecule has 0 rings (SSSR count). The molecule has 34 valence electrons. The summed E-state index contributed by atoms with van der Waals surface area (Å²) in [7, 11) is 0. The predicted octanol–water partition coefficient (Wildman–Crippen LogP) is 0.276. The summed E-state index contributed by atoms with van der Waals surface area (Å²) in [5.74, 6) is 0.0602. The highest BCUT2D eigenvalue weighted by Gasteiger charge is 1.81. The third-order valence-corrected chi connectivity index (χ3v) is 0.334. The van der Waals surface area contributed by atoms with Crippen LogP contribution in [-0.4, -0.2) is 19.0 Å². The molecule has 0 amide bonds. The average Bonchev–Trinajstić information content (AvgIpc) is 1.35. The van der Waals surface area contributed by atoms with E-state index in [0.717, 1.165) is 0 Å². The van der Waals surface area contributed by atoms with E-state index in [9.17, 15) is 4.79 Å². The predicted molar refractivity (Wildman–Crippen MR) is 25.1 cm³/mol. The van der Waals surface area contributed by atoms with Crippen LogP contribution in [0.1, 0.15) is 6.92 Å². The highest BCUT2D eigenvalue weighted by atomic mass is 16.1. The summed E-state index contributed by atoms with van der Waals surface area (Å²) < 4.78 is 0. The second kappa shape index (κ2) is 2.57. The Bertz CT molecular complexity index is 67.9. The summed E-state index contributed by atoms with van der Waals surface area (Å²) >= 11 is 0. The number of carbonyl (C=O) groups is 1. The molecule has 0 aliphatic heterocycles. The van der Waals surface area contributed by atoms with Crippen LogP contribution in [0.2, 0.25) is 0 Å². The fraction of sp³-hybridized carbons (Fsp3) is 0.500. The maximum Gasteiger partial charge on any atom is 0.151 e. The first-order valence-electron chi connectivity index (χ1n) is 1.69. The molecule has 0 atom stereocenters. The minimum atomic E-state index is 0.0602. The van der Waals surface area contributed by atoms with Crippen LogP contribution < -0.4 is 0 Å². The Hall–Kier alpha value is -0.660. The van der Waals surface area contributed by atoms with E-state index in [2.05, 4.69) is 11.7 Å². The topological polar surface area (TPSA) is 29.4 Å². The van der Waals surface area contributed by atoms with Gasteiger partial charge in [0.25, 0.3) is 0 Å². The maximum atomic E-state index is 9.91. The molecule has 0 aliphatic rings. The molecule has 2 heteroatoms. The van der Waals surface area contributed by atoms with Crippen LogP contribution >= 0.6 is 0 Å². The van der Waals surface area contributed by atoms with E-state index in [0.29, 0.717) is 0 Å². The van der Waals surface area contributed by atoms with Crippen LogP contribution in [0.25, 0.3) is 0 Å². The van der Waals surface area contributed by atoms with Crippen molar-refractivity contribution < 1.29 is 4.79 Å². The lowest BCUT2D eigenvalue weighted by molar-refractivity contribution is -0.115. The fourth-order valence-corrected chi connectivity index (χ4v) is 0.157. The smallest absolute Gasteiger partial charge is 0.151 e. The minimum absolute atomic E-state index is 0.0602. The molecule has 0 unspecified atom stereocenters. The summed E-state index contributed by atoms with van der Waals surface area (Å²) in [5, 5.41) is 0. The third kappa shape index (κ3) is 3.34. The third-order valence-electron chi connectivity index (χ3n) is 0.334. The van der Waals surface area contributed by atoms with E-state index in [1.165, 1.54) is 6.92 Å². The summed E-state index contributed by atoms with van der Waals surface area (Å²) in [4.78, 5) is 13.2. The number of hydrogen-bond acceptors (Lipinski definition) is 2. The summed E-state index contributed by atoms with van der Waals surface area (Å²) in [6.45, 7) is 4.86. The second-order valence-corrected chi connectivity index (χ2v) is 1.08. The van der Waals surface area contributed by atoms with Crippen molar-refractivity contribution >= 4 is 12.5 Å². The Morgan fingerprint density at radius 1 is 2.00 bits per heavy atom. The molecule has 0 bridgehead atoms. The van der Waals surface area contributed by atoms with E-state index in [4.69, 9.17) is 0 Å².